The molecule has 0 unspecified atom stereocenters. The highest BCUT2D eigenvalue weighted by molar-refractivity contribution is 5.94. The van der Waals surface area contributed by atoms with E-state index in [4.69, 9.17) is 4.74 Å². The van der Waals surface area contributed by atoms with Gasteiger partial charge in [0.15, 0.2) is 0 Å². The molecule has 1 amide bonds. The summed E-state index contributed by atoms with van der Waals surface area (Å²) in [6.45, 7) is 1.69. The largest absolute Gasteiger partial charge is 0.370 e. The van der Waals surface area contributed by atoms with E-state index in [0.29, 0.717) is 31.2 Å². The molecule has 1 saturated heterocycles. The lowest BCUT2D eigenvalue weighted by atomic mass is 10.1. The summed E-state index contributed by atoms with van der Waals surface area (Å²) in [5.74, 6) is 0.539. The van der Waals surface area contributed by atoms with Crippen LogP contribution in [0.1, 0.15) is 22.0 Å². The summed E-state index contributed by atoms with van der Waals surface area (Å²) in [5, 5.41) is 3.11. The Morgan fingerprint density at radius 3 is 2.48 bits per heavy atom. The van der Waals surface area contributed by atoms with Gasteiger partial charge in [-0.3, -0.25) is 4.79 Å². The maximum atomic E-state index is 12.9. The number of morpholine rings is 1. The minimum atomic E-state index is -0.0833. The van der Waals surface area contributed by atoms with Gasteiger partial charge in [-0.25, -0.2) is 9.97 Å². The van der Waals surface area contributed by atoms with Crippen LogP contribution in [0.5, 0.6) is 0 Å². The van der Waals surface area contributed by atoms with Gasteiger partial charge in [-0.1, -0.05) is 30.3 Å². The number of carbonyl (C=O) groups excluding carboxylic acids is 1. The molecule has 1 atom stereocenters. The zero-order valence-corrected chi connectivity index (χ0v) is 14.8. The van der Waals surface area contributed by atoms with E-state index < -0.39 is 0 Å². The fourth-order valence-corrected chi connectivity index (χ4v) is 3.07. The van der Waals surface area contributed by atoms with E-state index in [1.165, 1.54) is 0 Å². The van der Waals surface area contributed by atoms with Crippen molar-refractivity contribution in [2.45, 2.75) is 6.10 Å². The number of ether oxygens (including phenoxy) is 1. The van der Waals surface area contributed by atoms with Gasteiger partial charge in [0.1, 0.15) is 6.10 Å². The molecule has 1 N–H and O–H groups in total. The molecule has 1 fully saturated rings. The van der Waals surface area contributed by atoms with Crippen LogP contribution in [-0.4, -0.2) is 40.5 Å². The summed E-state index contributed by atoms with van der Waals surface area (Å²) in [7, 11) is 0. The lowest BCUT2D eigenvalue weighted by Crippen LogP contribution is -2.42. The number of aromatic nitrogens is 2. The molecular weight excluding hydrogens is 340 g/mol. The van der Waals surface area contributed by atoms with E-state index in [-0.39, 0.29) is 12.0 Å². The van der Waals surface area contributed by atoms with Gasteiger partial charge in [-0.05, 0) is 35.9 Å². The van der Waals surface area contributed by atoms with E-state index in [1.807, 2.05) is 59.5 Å². The van der Waals surface area contributed by atoms with Crippen molar-refractivity contribution < 1.29 is 9.53 Å². The molecule has 136 valence electrons. The van der Waals surface area contributed by atoms with Gasteiger partial charge >= 0.3 is 0 Å². The molecule has 3 aromatic rings. The zero-order chi connectivity index (χ0) is 18.5. The molecule has 6 heteroatoms. The Morgan fingerprint density at radius 2 is 1.74 bits per heavy atom. The maximum absolute atomic E-state index is 12.9. The summed E-state index contributed by atoms with van der Waals surface area (Å²) in [6.07, 6.45) is 3.27. The Morgan fingerprint density at radius 1 is 1.00 bits per heavy atom. The van der Waals surface area contributed by atoms with Crippen molar-refractivity contribution in [3.8, 4) is 0 Å². The summed E-state index contributed by atoms with van der Waals surface area (Å²) < 4.78 is 5.85. The predicted octanol–water partition coefficient (Wildman–Crippen LogP) is 3.43. The van der Waals surface area contributed by atoms with E-state index in [2.05, 4.69) is 15.3 Å². The second-order valence-corrected chi connectivity index (χ2v) is 6.30. The lowest BCUT2D eigenvalue weighted by Gasteiger charge is -2.33. The first kappa shape index (κ1) is 17.2. The maximum Gasteiger partial charge on any atom is 0.254 e. The molecule has 1 aliphatic heterocycles. The topological polar surface area (TPSA) is 67.4 Å². The van der Waals surface area contributed by atoms with Crippen molar-refractivity contribution in [1.82, 2.24) is 14.9 Å². The Kier molecular flexibility index (Phi) is 5.07. The van der Waals surface area contributed by atoms with Crippen LogP contribution in [-0.2, 0) is 4.74 Å². The molecule has 0 radical (unpaired) electrons. The van der Waals surface area contributed by atoms with Crippen molar-refractivity contribution in [3.05, 3.63) is 84.2 Å². The Balaban J connectivity index is 1.43. The molecule has 6 nitrogen and oxygen atoms in total. The summed E-state index contributed by atoms with van der Waals surface area (Å²) in [5.41, 5.74) is 2.59. The van der Waals surface area contributed by atoms with Crippen molar-refractivity contribution in [3.63, 3.8) is 0 Å². The van der Waals surface area contributed by atoms with Crippen LogP contribution in [0, 0.1) is 0 Å². The number of carbonyl (C=O) groups is 1. The monoisotopic (exact) mass is 360 g/mol. The van der Waals surface area contributed by atoms with Crippen molar-refractivity contribution >= 4 is 17.5 Å². The van der Waals surface area contributed by atoms with Crippen molar-refractivity contribution in [2.75, 3.05) is 25.0 Å². The summed E-state index contributed by atoms with van der Waals surface area (Å²) >= 11 is 0. The third kappa shape index (κ3) is 4.12. The second-order valence-electron chi connectivity index (χ2n) is 6.30. The van der Waals surface area contributed by atoms with Crippen LogP contribution in [0.2, 0.25) is 0 Å². The highest BCUT2D eigenvalue weighted by Gasteiger charge is 2.26. The first-order valence-electron chi connectivity index (χ1n) is 8.89. The number of anilines is 2. The highest BCUT2D eigenvalue weighted by atomic mass is 16.5. The lowest BCUT2D eigenvalue weighted by molar-refractivity contribution is -0.0228. The number of benzene rings is 2. The molecular formula is C21H20N4O2. The number of amides is 1. The third-order valence-electron chi connectivity index (χ3n) is 4.48. The first-order chi connectivity index (χ1) is 13.3. The van der Waals surface area contributed by atoms with Crippen molar-refractivity contribution in [1.29, 1.82) is 0 Å². The number of hydrogen-bond acceptors (Lipinski definition) is 5. The molecule has 2 heterocycles. The quantitative estimate of drug-likeness (QED) is 0.772. The standard InChI is InChI=1S/C21H20N4O2/c26-20(25-13-14-27-19(15-25)16-5-2-1-3-6-16)17-7-9-18(10-8-17)24-21-22-11-4-12-23-21/h1-12,19H,13-15H2,(H,22,23,24)/t19-/m0/s1. The Hall–Kier alpha value is -3.25. The number of nitrogens with one attached hydrogen (secondary N) is 1. The van der Waals surface area contributed by atoms with Crippen LogP contribution in [0.25, 0.3) is 0 Å². The van der Waals surface area contributed by atoms with Gasteiger partial charge in [0.25, 0.3) is 5.91 Å². The van der Waals surface area contributed by atoms with Crippen LogP contribution in [0.4, 0.5) is 11.6 Å². The van der Waals surface area contributed by atoms with Gasteiger partial charge in [0.05, 0.1) is 13.2 Å². The molecule has 1 aliphatic rings. The predicted molar refractivity (Wildman–Crippen MR) is 103 cm³/mol. The van der Waals surface area contributed by atoms with E-state index in [1.54, 1.807) is 18.5 Å². The number of rotatable bonds is 4. The van der Waals surface area contributed by atoms with Gasteiger partial charge < -0.3 is 15.0 Å². The molecule has 1 aromatic heterocycles. The normalized spacial score (nSPS) is 16.7. The highest BCUT2D eigenvalue weighted by Crippen LogP contribution is 2.23. The fraction of sp³-hybridized carbons (Fsp3) is 0.190. The van der Waals surface area contributed by atoms with Crippen LogP contribution >= 0.6 is 0 Å². The SMILES string of the molecule is O=C(c1ccc(Nc2ncccn2)cc1)N1CCO[C@H](c2ccccc2)C1. The van der Waals surface area contributed by atoms with Gasteiger partial charge in [-0.2, -0.15) is 0 Å². The van der Waals surface area contributed by atoms with E-state index in [0.717, 1.165) is 11.3 Å². The molecule has 0 spiro atoms. The fourth-order valence-electron chi connectivity index (χ4n) is 3.07. The Labute approximate surface area is 157 Å². The minimum absolute atomic E-state index is 0.0155. The minimum Gasteiger partial charge on any atom is -0.370 e. The Bertz CT molecular complexity index is 885. The number of hydrogen-bond donors (Lipinski definition) is 1. The van der Waals surface area contributed by atoms with Gasteiger partial charge in [0, 0.05) is 30.2 Å². The molecule has 27 heavy (non-hydrogen) atoms. The second kappa shape index (κ2) is 7.97. The van der Waals surface area contributed by atoms with E-state index >= 15 is 0 Å². The molecule has 0 aliphatic carbocycles. The van der Waals surface area contributed by atoms with Gasteiger partial charge in [0.2, 0.25) is 5.95 Å². The summed E-state index contributed by atoms with van der Waals surface area (Å²) in [4.78, 5) is 23.0. The number of nitrogens with zero attached hydrogens (tertiary/aromatic N) is 3. The molecule has 0 saturated carbocycles. The van der Waals surface area contributed by atoms with Crippen LogP contribution in [0.3, 0.4) is 0 Å². The van der Waals surface area contributed by atoms with Crippen LogP contribution in [0.15, 0.2) is 73.1 Å². The van der Waals surface area contributed by atoms with E-state index in [9.17, 15) is 4.79 Å². The first-order valence-corrected chi connectivity index (χ1v) is 8.89. The van der Waals surface area contributed by atoms with Crippen molar-refractivity contribution in [2.24, 2.45) is 0 Å². The average Bonchev–Trinajstić information content (AvgIpc) is 2.75. The zero-order valence-electron chi connectivity index (χ0n) is 14.8. The average molecular weight is 360 g/mol. The third-order valence-corrected chi connectivity index (χ3v) is 4.48. The molecule has 4 rings (SSSR count). The summed E-state index contributed by atoms with van der Waals surface area (Å²) in [6, 6.07) is 19.1. The molecule has 2 aromatic carbocycles. The molecule has 0 bridgehead atoms. The smallest absolute Gasteiger partial charge is 0.254 e. The van der Waals surface area contributed by atoms with Gasteiger partial charge in [-0.15, -0.1) is 0 Å². The van der Waals surface area contributed by atoms with Crippen LogP contribution < -0.4 is 5.32 Å².